The Morgan fingerprint density at radius 2 is 1.83 bits per heavy atom. The number of ether oxygens (including phenoxy) is 1. The highest BCUT2D eigenvalue weighted by atomic mass is 35.5. The Labute approximate surface area is 178 Å². The third-order valence-corrected chi connectivity index (χ3v) is 4.52. The van der Waals surface area contributed by atoms with Crippen molar-refractivity contribution in [3.05, 3.63) is 112 Å². The number of benzene rings is 2. The van der Waals surface area contributed by atoms with Crippen LogP contribution in [-0.2, 0) is 13.2 Å². The van der Waals surface area contributed by atoms with Gasteiger partial charge in [-0.2, -0.15) is 5.10 Å². The maximum Gasteiger partial charge on any atom is 0.128 e. The Balaban J connectivity index is 1.35. The first-order valence-corrected chi connectivity index (χ1v) is 9.64. The number of hydrogen-bond donors (Lipinski definition) is 0. The van der Waals surface area contributed by atoms with E-state index in [0.29, 0.717) is 22.9 Å². The molecule has 0 N–H and O–H groups in total. The van der Waals surface area contributed by atoms with Crippen LogP contribution in [0.4, 0.5) is 4.39 Å². The fourth-order valence-electron chi connectivity index (χ4n) is 2.79. The van der Waals surface area contributed by atoms with E-state index >= 15 is 0 Å². The molecule has 30 heavy (non-hydrogen) atoms. The van der Waals surface area contributed by atoms with Crippen LogP contribution in [-0.4, -0.2) is 14.8 Å². The predicted molar refractivity (Wildman–Crippen MR) is 114 cm³/mol. The summed E-state index contributed by atoms with van der Waals surface area (Å²) < 4.78 is 21.8. The predicted octanol–water partition coefficient (Wildman–Crippen LogP) is 5.10. The molecule has 4 rings (SSSR count). The zero-order chi connectivity index (χ0) is 20.8. The lowest BCUT2D eigenvalue weighted by Crippen LogP contribution is -2.04. The van der Waals surface area contributed by atoms with Gasteiger partial charge in [-0.15, -0.1) is 0 Å². The van der Waals surface area contributed by atoms with E-state index in [9.17, 15) is 4.39 Å². The fourth-order valence-corrected chi connectivity index (χ4v) is 2.95. The third-order valence-electron chi connectivity index (χ3n) is 4.32. The van der Waals surface area contributed by atoms with E-state index in [2.05, 4.69) is 21.9 Å². The van der Waals surface area contributed by atoms with Crippen LogP contribution in [0.1, 0.15) is 22.3 Å². The van der Waals surface area contributed by atoms with Gasteiger partial charge < -0.3 is 4.74 Å². The van der Waals surface area contributed by atoms with Gasteiger partial charge in [0.05, 0.1) is 17.8 Å². The van der Waals surface area contributed by atoms with Crippen LogP contribution in [0.2, 0.25) is 5.02 Å². The first-order chi connectivity index (χ1) is 14.7. The smallest absolute Gasteiger partial charge is 0.128 e. The van der Waals surface area contributed by atoms with E-state index in [1.54, 1.807) is 29.3 Å². The highest BCUT2D eigenvalue weighted by Gasteiger charge is 2.06. The molecule has 0 saturated carbocycles. The number of rotatable bonds is 5. The zero-order valence-corrected chi connectivity index (χ0v) is 16.7. The summed E-state index contributed by atoms with van der Waals surface area (Å²) >= 11 is 5.84. The largest absolute Gasteiger partial charge is 0.489 e. The summed E-state index contributed by atoms with van der Waals surface area (Å²) in [7, 11) is 0. The summed E-state index contributed by atoms with van der Waals surface area (Å²) in [6.45, 7) is 0.590. The molecule has 0 fully saturated rings. The molecule has 0 bridgehead atoms. The van der Waals surface area contributed by atoms with E-state index in [1.807, 2.05) is 42.5 Å². The van der Waals surface area contributed by atoms with Gasteiger partial charge in [0.1, 0.15) is 18.2 Å². The Bertz CT molecular complexity index is 1190. The molecule has 2 aromatic heterocycles. The van der Waals surface area contributed by atoms with Gasteiger partial charge >= 0.3 is 0 Å². The molecule has 0 atom stereocenters. The Morgan fingerprint density at radius 1 is 1.00 bits per heavy atom. The number of aromatic nitrogens is 3. The van der Waals surface area contributed by atoms with Crippen LogP contribution in [0, 0.1) is 17.7 Å². The van der Waals surface area contributed by atoms with Crippen LogP contribution in [0.15, 0.2) is 79.4 Å². The van der Waals surface area contributed by atoms with E-state index in [4.69, 9.17) is 16.3 Å². The monoisotopic (exact) mass is 417 g/mol. The lowest BCUT2D eigenvalue weighted by atomic mass is 10.1. The van der Waals surface area contributed by atoms with Crippen molar-refractivity contribution >= 4 is 11.6 Å². The average molecular weight is 418 g/mol. The summed E-state index contributed by atoms with van der Waals surface area (Å²) in [5.74, 6) is 6.54. The van der Waals surface area contributed by atoms with Gasteiger partial charge in [-0.1, -0.05) is 35.6 Å². The molecule has 0 spiro atoms. The molecule has 6 heteroatoms. The molecule has 0 saturated heterocycles. The second-order valence-corrected chi connectivity index (χ2v) is 7.02. The molecule has 0 radical (unpaired) electrons. The minimum Gasteiger partial charge on any atom is -0.489 e. The van der Waals surface area contributed by atoms with E-state index in [1.165, 1.54) is 12.3 Å². The van der Waals surface area contributed by atoms with Crippen LogP contribution in [0.5, 0.6) is 5.75 Å². The van der Waals surface area contributed by atoms with E-state index in [-0.39, 0.29) is 12.4 Å². The lowest BCUT2D eigenvalue weighted by Gasteiger charge is -2.09. The van der Waals surface area contributed by atoms with Crippen molar-refractivity contribution in [2.75, 3.05) is 0 Å². The quantitative estimate of drug-likeness (QED) is 0.424. The summed E-state index contributed by atoms with van der Waals surface area (Å²) in [6, 6.07) is 16.3. The lowest BCUT2D eigenvalue weighted by molar-refractivity contribution is 0.305. The van der Waals surface area contributed by atoms with Crippen molar-refractivity contribution < 1.29 is 9.13 Å². The Kier molecular flexibility index (Phi) is 6.07. The molecular weight excluding hydrogens is 401 g/mol. The minimum absolute atomic E-state index is 0.269. The summed E-state index contributed by atoms with van der Waals surface area (Å²) in [5.41, 5.74) is 3.02. The van der Waals surface area contributed by atoms with Crippen LogP contribution >= 0.6 is 11.6 Å². The van der Waals surface area contributed by atoms with Gasteiger partial charge in [0, 0.05) is 35.3 Å². The summed E-state index contributed by atoms with van der Waals surface area (Å²) in [5, 5.41) is 4.59. The Morgan fingerprint density at radius 3 is 2.53 bits per heavy atom. The molecule has 2 aromatic carbocycles. The maximum atomic E-state index is 14.4. The molecule has 2 heterocycles. The molecule has 0 unspecified atom stereocenters. The highest BCUT2D eigenvalue weighted by Crippen LogP contribution is 2.17. The molecule has 0 amide bonds. The first-order valence-electron chi connectivity index (χ1n) is 9.26. The normalized spacial score (nSPS) is 10.3. The second kappa shape index (κ2) is 9.25. The molecule has 4 aromatic rings. The molecule has 0 aliphatic heterocycles. The van der Waals surface area contributed by atoms with E-state index in [0.717, 1.165) is 16.7 Å². The van der Waals surface area contributed by atoms with Gasteiger partial charge in [-0.05, 0) is 48.0 Å². The van der Waals surface area contributed by atoms with Gasteiger partial charge in [0.25, 0.3) is 0 Å². The van der Waals surface area contributed by atoms with Crippen LogP contribution in [0.3, 0.4) is 0 Å². The van der Waals surface area contributed by atoms with Crippen molar-refractivity contribution in [3.63, 3.8) is 0 Å². The summed E-state index contributed by atoms with van der Waals surface area (Å²) in [6.07, 6.45) is 6.62. The van der Waals surface area contributed by atoms with Crippen molar-refractivity contribution in [2.45, 2.75) is 13.2 Å². The van der Waals surface area contributed by atoms with Gasteiger partial charge in [0.15, 0.2) is 0 Å². The first kappa shape index (κ1) is 19.7. The van der Waals surface area contributed by atoms with Crippen molar-refractivity contribution in [3.8, 4) is 17.6 Å². The number of pyridine rings is 1. The van der Waals surface area contributed by atoms with Gasteiger partial charge in [0.2, 0.25) is 0 Å². The molecule has 148 valence electrons. The number of hydrogen-bond acceptors (Lipinski definition) is 3. The number of halogens is 2. The second-order valence-electron chi connectivity index (χ2n) is 6.59. The summed E-state index contributed by atoms with van der Waals surface area (Å²) in [4.78, 5) is 4.04. The van der Waals surface area contributed by atoms with E-state index < -0.39 is 0 Å². The number of nitrogens with zero attached hydrogens (tertiary/aromatic N) is 3. The Hall–Kier alpha value is -3.62. The van der Waals surface area contributed by atoms with Crippen molar-refractivity contribution in [1.29, 1.82) is 0 Å². The van der Waals surface area contributed by atoms with Crippen LogP contribution < -0.4 is 4.74 Å². The van der Waals surface area contributed by atoms with Gasteiger partial charge in [-0.3, -0.25) is 9.67 Å². The van der Waals surface area contributed by atoms with Crippen molar-refractivity contribution in [1.82, 2.24) is 14.8 Å². The minimum atomic E-state index is -0.302. The fraction of sp³-hybridized carbons (Fsp3) is 0.0833. The molecular formula is C24H17ClFN3O. The van der Waals surface area contributed by atoms with Gasteiger partial charge in [-0.25, -0.2) is 4.39 Å². The topological polar surface area (TPSA) is 39.9 Å². The molecule has 0 aliphatic rings. The average Bonchev–Trinajstić information content (AvgIpc) is 3.18. The van der Waals surface area contributed by atoms with Crippen LogP contribution in [0.25, 0.3) is 0 Å². The molecule has 4 nitrogen and oxygen atoms in total. The third kappa shape index (κ3) is 5.25. The SMILES string of the molecule is Fc1cc(COc2ccc(C#Cc3cccnc3)cc2)ccc1Cn1cc(Cl)cn1. The molecule has 0 aliphatic carbocycles. The standard InChI is InChI=1S/C24H17ClFN3O/c25-22-14-28-29(16-22)15-21-8-5-20(12-24(21)26)17-30-23-9-6-18(7-10-23)3-4-19-2-1-11-27-13-19/h1-2,5-14,16H,15,17H2. The van der Waals surface area contributed by atoms with Crippen molar-refractivity contribution in [2.24, 2.45) is 0 Å². The maximum absolute atomic E-state index is 14.4. The highest BCUT2D eigenvalue weighted by molar-refractivity contribution is 6.30. The zero-order valence-electron chi connectivity index (χ0n) is 15.9.